The molecule has 1 N–H and O–H groups in total. The number of fused-ring (bicyclic) bond motifs is 1. The molecule has 90 valence electrons. The molecule has 0 saturated carbocycles. The molecule has 1 aromatic heterocycles. The van der Waals surface area contributed by atoms with E-state index in [1.165, 1.54) is 0 Å². The van der Waals surface area contributed by atoms with Crippen LogP contribution in [0.4, 0.5) is 0 Å². The Labute approximate surface area is 105 Å². The maximum atomic E-state index is 11.1. The van der Waals surface area contributed by atoms with Crippen molar-refractivity contribution in [1.82, 2.24) is 4.57 Å². The van der Waals surface area contributed by atoms with Crippen molar-refractivity contribution in [1.29, 1.82) is 0 Å². The van der Waals surface area contributed by atoms with Gasteiger partial charge in [-0.1, -0.05) is 17.7 Å². The summed E-state index contributed by atoms with van der Waals surface area (Å²) in [5.74, 6) is -0.804. The summed E-state index contributed by atoms with van der Waals surface area (Å²) in [5.41, 5.74) is 0.167. The van der Waals surface area contributed by atoms with Crippen LogP contribution in [0.1, 0.15) is 13.8 Å². The van der Waals surface area contributed by atoms with Gasteiger partial charge in [-0.3, -0.25) is 4.79 Å². The van der Waals surface area contributed by atoms with Crippen LogP contribution >= 0.6 is 11.6 Å². The zero-order valence-electron chi connectivity index (χ0n) is 9.77. The van der Waals surface area contributed by atoms with Gasteiger partial charge in [0.2, 0.25) is 0 Å². The van der Waals surface area contributed by atoms with Crippen LogP contribution in [0.3, 0.4) is 0 Å². The van der Waals surface area contributed by atoms with E-state index in [2.05, 4.69) is 0 Å². The molecule has 0 aliphatic carbocycles. The highest BCUT2D eigenvalue weighted by Crippen LogP contribution is 2.27. The second-order valence-corrected chi connectivity index (χ2v) is 5.21. The van der Waals surface area contributed by atoms with E-state index < -0.39 is 11.4 Å². The number of halogens is 1. The molecule has 0 radical (unpaired) electrons. The normalized spacial score (nSPS) is 11.9. The van der Waals surface area contributed by atoms with E-state index in [-0.39, 0.29) is 0 Å². The van der Waals surface area contributed by atoms with Crippen LogP contribution in [0, 0.1) is 5.41 Å². The minimum atomic E-state index is -0.804. The fourth-order valence-corrected chi connectivity index (χ4v) is 2.05. The van der Waals surface area contributed by atoms with Crippen molar-refractivity contribution in [2.24, 2.45) is 5.41 Å². The topological polar surface area (TPSA) is 42.2 Å². The summed E-state index contributed by atoms with van der Waals surface area (Å²) in [6.45, 7) is 3.85. The van der Waals surface area contributed by atoms with Crippen LogP contribution in [0.15, 0.2) is 30.5 Å². The molecule has 0 aliphatic heterocycles. The first-order valence-corrected chi connectivity index (χ1v) is 5.76. The lowest BCUT2D eigenvalue weighted by atomic mass is 9.94. The van der Waals surface area contributed by atoms with E-state index in [1.54, 1.807) is 13.8 Å². The van der Waals surface area contributed by atoms with E-state index in [9.17, 15) is 4.79 Å². The predicted molar refractivity (Wildman–Crippen MR) is 68.4 cm³/mol. The number of nitrogens with zero attached hydrogens (tertiary/aromatic N) is 1. The van der Waals surface area contributed by atoms with Gasteiger partial charge >= 0.3 is 5.97 Å². The van der Waals surface area contributed by atoms with Gasteiger partial charge in [-0.05, 0) is 32.0 Å². The molecule has 17 heavy (non-hydrogen) atoms. The Kier molecular flexibility index (Phi) is 2.87. The number of hydrogen-bond donors (Lipinski definition) is 1. The van der Waals surface area contributed by atoms with E-state index in [1.807, 2.05) is 35.0 Å². The van der Waals surface area contributed by atoms with Crippen molar-refractivity contribution in [3.8, 4) is 0 Å². The second kappa shape index (κ2) is 4.08. The first kappa shape index (κ1) is 12.0. The maximum absolute atomic E-state index is 11.1. The van der Waals surface area contributed by atoms with Crippen LogP contribution in [0.5, 0.6) is 0 Å². The van der Waals surface area contributed by atoms with Gasteiger partial charge in [-0.2, -0.15) is 0 Å². The third kappa shape index (κ3) is 2.15. The third-order valence-corrected chi connectivity index (χ3v) is 3.23. The Balaban J connectivity index is 2.44. The molecule has 0 aliphatic rings. The van der Waals surface area contributed by atoms with Crippen LogP contribution in [-0.4, -0.2) is 15.6 Å². The summed E-state index contributed by atoms with van der Waals surface area (Å²) < 4.78 is 1.93. The summed E-state index contributed by atoms with van der Waals surface area (Å²) in [6, 6.07) is 7.56. The molecule has 0 saturated heterocycles. The highest BCUT2D eigenvalue weighted by atomic mass is 35.5. The smallest absolute Gasteiger partial charge is 0.310 e. The largest absolute Gasteiger partial charge is 0.481 e. The standard InChI is InChI=1S/C13H14ClNO2/c1-13(2,12(16)17)8-15-7-6-9-10(14)4-3-5-11(9)15/h3-7H,8H2,1-2H3,(H,16,17). The van der Waals surface area contributed by atoms with E-state index in [0.717, 1.165) is 10.9 Å². The molecule has 1 aromatic carbocycles. The fraction of sp³-hybridized carbons (Fsp3) is 0.308. The highest BCUT2D eigenvalue weighted by Gasteiger charge is 2.27. The molecule has 0 amide bonds. The maximum Gasteiger partial charge on any atom is 0.310 e. The molecule has 3 nitrogen and oxygen atoms in total. The van der Waals surface area contributed by atoms with Crippen molar-refractivity contribution >= 4 is 28.5 Å². The Morgan fingerprint density at radius 2 is 2.12 bits per heavy atom. The van der Waals surface area contributed by atoms with E-state index in [4.69, 9.17) is 16.7 Å². The Hall–Kier alpha value is -1.48. The lowest BCUT2D eigenvalue weighted by Crippen LogP contribution is -2.28. The van der Waals surface area contributed by atoms with Crippen LogP contribution in [0.25, 0.3) is 10.9 Å². The van der Waals surface area contributed by atoms with Gasteiger partial charge < -0.3 is 9.67 Å². The number of carbonyl (C=O) groups is 1. The highest BCUT2D eigenvalue weighted by molar-refractivity contribution is 6.35. The van der Waals surface area contributed by atoms with Crippen LogP contribution in [0.2, 0.25) is 5.02 Å². The third-order valence-electron chi connectivity index (χ3n) is 2.91. The fourth-order valence-electron chi connectivity index (χ4n) is 1.82. The number of hydrogen-bond acceptors (Lipinski definition) is 1. The SMILES string of the molecule is CC(C)(Cn1ccc2c(Cl)cccc21)C(=O)O. The van der Waals surface area contributed by atoms with Gasteiger partial charge in [0.05, 0.1) is 5.41 Å². The minimum Gasteiger partial charge on any atom is -0.481 e. The lowest BCUT2D eigenvalue weighted by Gasteiger charge is -2.20. The summed E-state index contributed by atoms with van der Waals surface area (Å²) >= 11 is 6.07. The van der Waals surface area contributed by atoms with Crippen molar-refractivity contribution in [3.05, 3.63) is 35.5 Å². The van der Waals surface area contributed by atoms with Gasteiger partial charge in [0.1, 0.15) is 0 Å². The van der Waals surface area contributed by atoms with E-state index in [0.29, 0.717) is 11.6 Å². The Morgan fingerprint density at radius 1 is 1.41 bits per heavy atom. The van der Waals surface area contributed by atoms with Crippen molar-refractivity contribution in [2.45, 2.75) is 20.4 Å². The van der Waals surface area contributed by atoms with Gasteiger partial charge in [0, 0.05) is 28.7 Å². The number of carboxylic acid groups (broad SMARTS) is 1. The molecule has 2 aromatic rings. The molecule has 0 atom stereocenters. The molecule has 2 rings (SSSR count). The van der Waals surface area contributed by atoms with Gasteiger partial charge in [0.25, 0.3) is 0 Å². The molecular weight excluding hydrogens is 238 g/mol. The van der Waals surface area contributed by atoms with Gasteiger partial charge in [-0.25, -0.2) is 0 Å². The molecular formula is C13H14ClNO2. The summed E-state index contributed by atoms with van der Waals surface area (Å²) in [4.78, 5) is 11.1. The minimum absolute atomic E-state index is 0.423. The molecule has 0 spiro atoms. The van der Waals surface area contributed by atoms with Gasteiger partial charge in [0.15, 0.2) is 0 Å². The average Bonchev–Trinajstić information content (AvgIpc) is 2.62. The van der Waals surface area contributed by atoms with Crippen LogP contribution in [-0.2, 0) is 11.3 Å². The number of rotatable bonds is 3. The molecule has 0 unspecified atom stereocenters. The zero-order valence-corrected chi connectivity index (χ0v) is 10.5. The lowest BCUT2D eigenvalue weighted by molar-refractivity contribution is -0.147. The monoisotopic (exact) mass is 251 g/mol. The van der Waals surface area contributed by atoms with Gasteiger partial charge in [-0.15, -0.1) is 0 Å². The number of aliphatic carboxylic acids is 1. The number of aromatic nitrogens is 1. The van der Waals surface area contributed by atoms with Crippen molar-refractivity contribution in [3.63, 3.8) is 0 Å². The predicted octanol–water partition coefficient (Wildman–Crippen LogP) is 3.41. The number of carboxylic acids is 1. The average molecular weight is 252 g/mol. The van der Waals surface area contributed by atoms with Crippen molar-refractivity contribution in [2.75, 3.05) is 0 Å². The molecule has 1 heterocycles. The molecule has 4 heteroatoms. The summed E-state index contributed by atoms with van der Waals surface area (Å²) in [5, 5.41) is 10.8. The summed E-state index contributed by atoms with van der Waals surface area (Å²) in [6.07, 6.45) is 1.88. The van der Waals surface area contributed by atoms with Crippen molar-refractivity contribution < 1.29 is 9.90 Å². The van der Waals surface area contributed by atoms with E-state index >= 15 is 0 Å². The van der Waals surface area contributed by atoms with Crippen LogP contribution < -0.4 is 0 Å². The molecule has 0 bridgehead atoms. The molecule has 0 fully saturated rings. The quantitative estimate of drug-likeness (QED) is 0.908. The summed E-state index contributed by atoms with van der Waals surface area (Å²) in [7, 11) is 0. The second-order valence-electron chi connectivity index (χ2n) is 4.81. The Morgan fingerprint density at radius 3 is 2.76 bits per heavy atom. The first-order valence-electron chi connectivity index (χ1n) is 5.38. The first-order chi connectivity index (χ1) is 7.92. The zero-order chi connectivity index (χ0) is 12.6. The Bertz CT molecular complexity index is 572. The number of benzene rings is 1.